The van der Waals surface area contributed by atoms with E-state index in [0.29, 0.717) is 17.8 Å². The molecule has 0 heterocycles. The highest BCUT2D eigenvalue weighted by Crippen LogP contribution is 2.35. The number of aliphatic carboxylic acids is 1. The van der Waals surface area contributed by atoms with E-state index in [1.54, 1.807) is 12.1 Å². The molecule has 0 saturated heterocycles. The molecule has 0 aliphatic carbocycles. The molecule has 0 fully saturated rings. The van der Waals surface area contributed by atoms with Crippen molar-refractivity contribution in [3.05, 3.63) is 65.2 Å². The first kappa shape index (κ1) is 24.7. The lowest BCUT2D eigenvalue weighted by molar-refractivity contribution is -0.134. The molecule has 0 bridgehead atoms. The van der Waals surface area contributed by atoms with E-state index in [-0.39, 0.29) is 12.5 Å². The number of carboxylic acids is 1. The van der Waals surface area contributed by atoms with Crippen molar-refractivity contribution in [2.45, 2.75) is 65.6 Å². The van der Waals surface area contributed by atoms with Crippen LogP contribution < -0.4 is 0 Å². The third kappa shape index (κ3) is 8.26. The number of hydrogen-bond donors (Lipinski definition) is 3. The Morgan fingerprint density at radius 1 is 1.00 bits per heavy atom. The highest BCUT2D eigenvalue weighted by atomic mass is 16.4. The molecule has 0 saturated carbocycles. The zero-order valence-electron chi connectivity index (χ0n) is 18.2. The molecule has 2 aromatic carbocycles. The normalized spacial score (nSPS) is 12.0. The third-order valence-electron chi connectivity index (χ3n) is 4.85. The Morgan fingerprint density at radius 3 is 2.03 bits per heavy atom. The molecule has 1 unspecified atom stereocenters. The smallest absolute Gasteiger partial charge is 0.300 e. The fourth-order valence-electron chi connectivity index (χ4n) is 3.56. The van der Waals surface area contributed by atoms with E-state index in [1.165, 1.54) is 5.56 Å². The number of carbonyl (C=O) groups is 1. The summed E-state index contributed by atoms with van der Waals surface area (Å²) in [7, 11) is 0. The maximum atomic E-state index is 10.5. The molecule has 160 valence electrons. The Balaban J connectivity index is 0.000000960. The number of aromatic hydroxyl groups is 1. The van der Waals surface area contributed by atoms with Crippen LogP contribution in [-0.4, -0.2) is 44.8 Å². The summed E-state index contributed by atoms with van der Waals surface area (Å²) >= 11 is 0. The topological polar surface area (TPSA) is 81.0 Å². The van der Waals surface area contributed by atoms with Gasteiger partial charge in [-0.3, -0.25) is 9.69 Å². The van der Waals surface area contributed by atoms with E-state index in [2.05, 4.69) is 44.7 Å². The molecule has 0 aliphatic rings. The monoisotopic (exact) mass is 401 g/mol. The summed E-state index contributed by atoms with van der Waals surface area (Å²) in [6.07, 6.45) is 0.919. The zero-order valence-corrected chi connectivity index (χ0v) is 18.2. The van der Waals surface area contributed by atoms with E-state index in [1.807, 2.05) is 24.3 Å². The first-order chi connectivity index (χ1) is 13.7. The van der Waals surface area contributed by atoms with Gasteiger partial charge in [0.1, 0.15) is 5.75 Å². The predicted molar refractivity (Wildman–Crippen MR) is 117 cm³/mol. The van der Waals surface area contributed by atoms with Crippen LogP contribution in [0.4, 0.5) is 0 Å². The Labute approximate surface area is 174 Å². The zero-order chi connectivity index (χ0) is 22.0. The van der Waals surface area contributed by atoms with Gasteiger partial charge in [-0.15, -0.1) is 0 Å². The summed E-state index contributed by atoms with van der Waals surface area (Å²) in [5.41, 5.74) is 2.92. The van der Waals surface area contributed by atoms with Crippen LogP contribution in [0, 0.1) is 0 Å². The molecule has 0 spiro atoms. The lowest BCUT2D eigenvalue weighted by Gasteiger charge is -2.32. The first-order valence-corrected chi connectivity index (χ1v) is 10.1. The molecular weight excluding hydrogens is 366 g/mol. The van der Waals surface area contributed by atoms with E-state index in [9.17, 15) is 10.2 Å². The van der Waals surface area contributed by atoms with Crippen molar-refractivity contribution < 1.29 is 20.1 Å². The van der Waals surface area contributed by atoms with Crippen LogP contribution in [0.1, 0.15) is 63.6 Å². The second kappa shape index (κ2) is 12.2. The second-order valence-corrected chi connectivity index (χ2v) is 7.75. The molecule has 1 atom stereocenters. The number of phenols is 1. The molecule has 0 aromatic heterocycles. The molecule has 0 aliphatic heterocycles. The van der Waals surface area contributed by atoms with Crippen molar-refractivity contribution >= 4 is 5.97 Å². The number of hydrogen-bond acceptors (Lipinski definition) is 4. The molecule has 5 nitrogen and oxygen atoms in total. The second-order valence-electron chi connectivity index (χ2n) is 7.75. The molecular formula is C24H35NO4. The minimum absolute atomic E-state index is 0.0150. The van der Waals surface area contributed by atoms with Crippen LogP contribution in [0.25, 0.3) is 0 Å². The van der Waals surface area contributed by atoms with Gasteiger partial charge in [-0.05, 0) is 63.9 Å². The standard InChI is InChI=1S/C22H31NO2.C2H4O2/c1-16(2)23(17(3)4)13-12-20(19-8-6-5-7-9-19)21-14-18(15-24)10-11-22(21)25;1-2(3)4/h5-11,14,16-17,20,24-25H,12-13,15H2,1-4H3;1H3,(H,3,4). The minimum Gasteiger partial charge on any atom is -0.508 e. The van der Waals surface area contributed by atoms with Crippen molar-refractivity contribution in [1.82, 2.24) is 4.90 Å². The third-order valence-corrected chi connectivity index (χ3v) is 4.85. The maximum Gasteiger partial charge on any atom is 0.300 e. The molecule has 2 aromatic rings. The number of aliphatic hydroxyl groups is 1. The largest absolute Gasteiger partial charge is 0.508 e. The van der Waals surface area contributed by atoms with Gasteiger partial charge in [-0.2, -0.15) is 0 Å². The van der Waals surface area contributed by atoms with Gasteiger partial charge in [0.15, 0.2) is 0 Å². The highest BCUT2D eigenvalue weighted by Gasteiger charge is 2.21. The quantitative estimate of drug-likeness (QED) is 0.601. The van der Waals surface area contributed by atoms with Gasteiger partial charge >= 0.3 is 0 Å². The maximum absolute atomic E-state index is 10.5. The molecule has 0 amide bonds. The van der Waals surface area contributed by atoms with E-state index in [4.69, 9.17) is 9.90 Å². The van der Waals surface area contributed by atoms with Crippen LogP contribution in [-0.2, 0) is 11.4 Å². The molecule has 29 heavy (non-hydrogen) atoms. The lowest BCUT2D eigenvalue weighted by Crippen LogP contribution is -2.38. The number of carboxylic acid groups (broad SMARTS) is 1. The number of aliphatic hydroxyl groups excluding tert-OH is 1. The molecule has 2 rings (SSSR count). The summed E-state index contributed by atoms with van der Waals surface area (Å²) in [4.78, 5) is 11.5. The van der Waals surface area contributed by atoms with Gasteiger partial charge in [-0.1, -0.05) is 36.4 Å². The average molecular weight is 402 g/mol. The van der Waals surface area contributed by atoms with Crippen molar-refractivity contribution in [2.24, 2.45) is 0 Å². The van der Waals surface area contributed by atoms with Gasteiger partial charge in [-0.25, -0.2) is 0 Å². The van der Waals surface area contributed by atoms with Crippen LogP contribution in [0.15, 0.2) is 48.5 Å². The first-order valence-electron chi connectivity index (χ1n) is 10.1. The highest BCUT2D eigenvalue weighted by molar-refractivity contribution is 5.62. The molecule has 5 heteroatoms. The fraction of sp³-hybridized carbons (Fsp3) is 0.458. The van der Waals surface area contributed by atoms with E-state index < -0.39 is 5.97 Å². The number of rotatable bonds is 8. The van der Waals surface area contributed by atoms with Crippen LogP contribution in [0.5, 0.6) is 5.75 Å². The van der Waals surface area contributed by atoms with Gasteiger partial charge in [0.2, 0.25) is 0 Å². The number of nitrogens with zero attached hydrogens (tertiary/aromatic N) is 1. The predicted octanol–water partition coefficient (Wildman–Crippen LogP) is 4.62. The van der Waals surface area contributed by atoms with Crippen molar-refractivity contribution in [2.75, 3.05) is 6.54 Å². The van der Waals surface area contributed by atoms with E-state index >= 15 is 0 Å². The molecule has 3 N–H and O–H groups in total. The van der Waals surface area contributed by atoms with Crippen LogP contribution >= 0.6 is 0 Å². The summed E-state index contributed by atoms with van der Waals surface area (Å²) < 4.78 is 0. The van der Waals surface area contributed by atoms with Crippen molar-refractivity contribution in [3.63, 3.8) is 0 Å². The van der Waals surface area contributed by atoms with E-state index in [0.717, 1.165) is 31.0 Å². The Hall–Kier alpha value is -2.37. The minimum atomic E-state index is -0.833. The van der Waals surface area contributed by atoms with Crippen LogP contribution in [0.2, 0.25) is 0 Å². The number of benzene rings is 2. The Morgan fingerprint density at radius 2 is 1.55 bits per heavy atom. The van der Waals surface area contributed by atoms with Crippen molar-refractivity contribution in [1.29, 1.82) is 0 Å². The Kier molecular flexibility index (Phi) is 10.4. The summed E-state index contributed by atoms with van der Waals surface area (Å²) in [5, 5.41) is 27.3. The van der Waals surface area contributed by atoms with Gasteiger partial charge in [0.05, 0.1) is 6.61 Å². The SMILES string of the molecule is CC(=O)O.CC(C)N(CCC(c1ccccc1)c1cc(CO)ccc1O)C(C)C. The van der Waals surface area contributed by atoms with Crippen LogP contribution in [0.3, 0.4) is 0 Å². The summed E-state index contributed by atoms with van der Waals surface area (Å²) in [6, 6.07) is 16.7. The van der Waals surface area contributed by atoms with Gasteiger partial charge < -0.3 is 15.3 Å². The summed E-state index contributed by atoms with van der Waals surface area (Å²) in [6.45, 7) is 10.9. The average Bonchev–Trinajstić information content (AvgIpc) is 2.65. The van der Waals surface area contributed by atoms with Crippen molar-refractivity contribution in [3.8, 4) is 5.75 Å². The Bertz CT molecular complexity index is 732. The molecule has 0 radical (unpaired) electrons. The van der Waals surface area contributed by atoms with Gasteiger partial charge in [0, 0.05) is 30.5 Å². The fourth-order valence-corrected chi connectivity index (χ4v) is 3.56. The number of phenolic OH excluding ortho intramolecular Hbond substituents is 1. The summed E-state index contributed by atoms with van der Waals surface area (Å²) in [5.74, 6) is -0.431. The lowest BCUT2D eigenvalue weighted by atomic mass is 9.86. The van der Waals surface area contributed by atoms with Gasteiger partial charge in [0.25, 0.3) is 5.97 Å².